The zero-order valence-corrected chi connectivity index (χ0v) is 13.7. The average Bonchev–Trinajstić information content (AvgIpc) is 2.55. The molecule has 10 heteroatoms. The number of nitrogens with one attached hydrogen (secondary N) is 3. The van der Waals surface area contributed by atoms with Crippen LogP contribution in [-0.2, 0) is 0 Å². The van der Waals surface area contributed by atoms with Crippen LogP contribution in [0.4, 0.5) is 17.5 Å². The van der Waals surface area contributed by atoms with Crippen molar-refractivity contribution < 1.29 is 15.4 Å². The zero-order valence-electron chi connectivity index (χ0n) is 13.7. The maximum atomic E-state index is 11.6. The molecule has 0 bridgehead atoms. The molecule has 8 N–H and O–H groups in total. The van der Waals surface area contributed by atoms with E-state index in [1.165, 1.54) is 18.4 Å². The van der Waals surface area contributed by atoms with Gasteiger partial charge in [0, 0.05) is 19.6 Å². The second kappa shape index (κ2) is 8.29. The van der Waals surface area contributed by atoms with Gasteiger partial charge in [-0.3, -0.25) is 9.78 Å². The molecule has 136 valence electrons. The van der Waals surface area contributed by atoms with Crippen molar-refractivity contribution in [2.45, 2.75) is 44.4 Å². The average molecular weight is 342 g/mol. The number of rotatable bonds is 2. The fraction of sp³-hybridized carbons (Fsp3) is 0.714. The molecule has 1 aromatic heterocycles. The number of H-pyrrole nitrogens is 1. The lowest BCUT2D eigenvalue weighted by molar-refractivity contribution is -0.103. The monoisotopic (exact) mass is 342 g/mol. The Morgan fingerprint density at radius 1 is 1.29 bits per heavy atom. The van der Waals surface area contributed by atoms with E-state index in [0.29, 0.717) is 12.4 Å². The van der Waals surface area contributed by atoms with Crippen LogP contribution < -0.4 is 21.9 Å². The van der Waals surface area contributed by atoms with Crippen LogP contribution in [0.25, 0.3) is 0 Å². The first-order valence-corrected chi connectivity index (χ1v) is 8.08. The fourth-order valence-electron chi connectivity index (χ4n) is 2.62. The third-order valence-electron chi connectivity index (χ3n) is 4.00. The van der Waals surface area contributed by atoms with Gasteiger partial charge in [-0.2, -0.15) is 10.0 Å². The van der Waals surface area contributed by atoms with Gasteiger partial charge in [0.25, 0.3) is 5.56 Å². The highest BCUT2D eigenvalue weighted by Crippen LogP contribution is 2.21. The first kappa shape index (κ1) is 18.5. The SMILES string of the molecule is CC(O)C(O)C1CNc2nc(N)[nH]c(=O)c2N1.ON1CCCCC1. The predicted octanol–water partition coefficient (Wildman–Crippen LogP) is -0.839. The van der Waals surface area contributed by atoms with E-state index in [2.05, 4.69) is 20.6 Å². The molecule has 3 rings (SSSR count). The summed E-state index contributed by atoms with van der Waals surface area (Å²) in [5, 5.41) is 34.9. The van der Waals surface area contributed by atoms with Crippen LogP contribution in [0.2, 0.25) is 0 Å². The Morgan fingerprint density at radius 2 is 1.96 bits per heavy atom. The Bertz CT molecular complexity index is 587. The number of nitrogens with two attached hydrogens (primary N) is 1. The van der Waals surface area contributed by atoms with Gasteiger partial charge in [-0.25, -0.2) is 0 Å². The van der Waals surface area contributed by atoms with Crippen molar-refractivity contribution in [2.75, 3.05) is 36.0 Å². The third kappa shape index (κ3) is 4.81. The summed E-state index contributed by atoms with van der Waals surface area (Å²) in [6, 6.07) is -0.464. The first-order valence-electron chi connectivity index (χ1n) is 8.08. The Kier molecular flexibility index (Phi) is 6.37. The minimum Gasteiger partial charge on any atom is -0.391 e. The molecule has 0 aliphatic carbocycles. The number of aliphatic hydroxyl groups is 2. The third-order valence-corrected chi connectivity index (χ3v) is 4.00. The topological polar surface area (TPSA) is 160 Å². The molecule has 3 unspecified atom stereocenters. The van der Waals surface area contributed by atoms with E-state index in [-0.39, 0.29) is 11.6 Å². The highest BCUT2D eigenvalue weighted by molar-refractivity contribution is 5.67. The van der Waals surface area contributed by atoms with Crippen LogP contribution >= 0.6 is 0 Å². The van der Waals surface area contributed by atoms with Gasteiger partial charge in [-0.05, 0) is 19.8 Å². The highest BCUT2D eigenvalue weighted by atomic mass is 16.5. The van der Waals surface area contributed by atoms with Crippen molar-refractivity contribution in [2.24, 2.45) is 0 Å². The summed E-state index contributed by atoms with van der Waals surface area (Å²) in [6.07, 6.45) is 1.74. The number of aliphatic hydroxyl groups excluding tert-OH is 2. The highest BCUT2D eigenvalue weighted by Gasteiger charge is 2.29. The lowest BCUT2D eigenvalue weighted by atomic mass is 10.0. The van der Waals surface area contributed by atoms with E-state index >= 15 is 0 Å². The Morgan fingerprint density at radius 3 is 2.50 bits per heavy atom. The Labute approximate surface area is 139 Å². The van der Waals surface area contributed by atoms with Crippen LogP contribution in [0.15, 0.2) is 4.79 Å². The molecule has 3 heterocycles. The van der Waals surface area contributed by atoms with E-state index in [9.17, 15) is 15.0 Å². The molecule has 0 aromatic carbocycles. The van der Waals surface area contributed by atoms with Gasteiger partial charge < -0.3 is 31.8 Å². The number of nitrogen functional groups attached to an aromatic ring is 1. The molecule has 1 saturated heterocycles. The fourth-order valence-corrected chi connectivity index (χ4v) is 2.62. The van der Waals surface area contributed by atoms with E-state index in [4.69, 9.17) is 10.9 Å². The summed E-state index contributed by atoms with van der Waals surface area (Å²) >= 11 is 0. The van der Waals surface area contributed by atoms with E-state index in [1.807, 2.05) is 0 Å². The number of anilines is 3. The quantitative estimate of drug-likeness (QED) is 0.363. The minimum atomic E-state index is -0.979. The first-order chi connectivity index (χ1) is 11.4. The van der Waals surface area contributed by atoms with E-state index in [0.717, 1.165) is 25.9 Å². The number of piperidine rings is 1. The van der Waals surface area contributed by atoms with Crippen molar-refractivity contribution >= 4 is 17.5 Å². The van der Waals surface area contributed by atoms with Crippen LogP contribution in [0.3, 0.4) is 0 Å². The van der Waals surface area contributed by atoms with Crippen molar-refractivity contribution in [1.29, 1.82) is 0 Å². The van der Waals surface area contributed by atoms with E-state index < -0.39 is 23.8 Å². The molecular weight excluding hydrogens is 316 g/mol. The zero-order chi connectivity index (χ0) is 17.7. The second-order valence-electron chi connectivity index (χ2n) is 6.05. The van der Waals surface area contributed by atoms with E-state index in [1.54, 1.807) is 0 Å². The summed E-state index contributed by atoms with van der Waals surface area (Å²) in [5.41, 5.74) is 5.20. The molecule has 2 aliphatic rings. The summed E-state index contributed by atoms with van der Waals surface area (Å²) in [4.78, 5) is 17.9. The summed E-state index contributed by atoms with van der Waals surface area (Å²) in [6.45, 7) is 3.57. The number of nitrogens with zero attached hydrogens (tertiary/aromatic N) is 2. The van der Waals surface area contributed by atoms with Crippen molar-refractivity contribution in [3.63, 3.8) is 0 Å². The van der Waals surface area contributed by atoms with Gasteiger partial charge in [0.15, 0.2) is 5.82 Å². The number of fused-ring (bicyclic) bond motifs is 1. The standard InChI is InChI=1S/C9H15N5O3.C5H11NO/c1-3(15)6(16)4-2-11-7-5(12-4)8(17)14-9(10)13-7;7-6-4-2-1-3-5-6/h3-4,6,12,15-16H,2H2,1H3,(H4,10,11,13,14,17);7H,1-5H2. The molecule has 10 nitrogen and oxygen atoms in total. The van der Waals surface area contributed by atoms with Gasteiger partial charge in [-0.15, -0.1) is 0 Å². The van der Waals surface area contributed by atoms with Crippen molar-refractivity contribution in [3.8, 4) is 0 Å². The molecule has 0 saturated carbocycles. The lowest BCUT2D eigenvalue weighted by Gasteiger charge is -2.31. The smallest absolute Gasteiger partial charge is 0.277 e. The number of hydrogen-bond donors (Lipinski definition) is 7. The molecule has 3 atom stereocenters. The predicted molar refractivity (Wildman–Crippen MR) is 90.1 cm³/mol. The maximum absolute atomic E-state index is 11.6. The van der Waals surface area contributed by atoms with Crippen molar-refractivity contribution in [1.82, 2.24) is 15.0 Å². The largest absolute Gasteiger partial charge is 0.391 e. The number of hydrogen-bond acceptors (Lipinski definition) is 9. The number of aromatic nitrogens is 2. The summed E-state index contributed by atoms with van der Waals surface area (Å²) in [5.74, 6) is 0.373. The number of aromatic amines is 1. The minimum absolute atomic E-state index is 0.0255. The molecule has 1 fully saturated rings. The summed E-state index contributed by atoms with van der Waals surface area (Å²) in [7, 11) is 0. The molecule has 24 heavy (non-hydrogen) atoms. The normalized spacial score (nSPS) is 22.9. The van der Waals surface area contributed by atoms with Crippen LogP contribution in [-0.4, -0.2) is 68.3 Å². The maximum Gasteiger partial charge on any atom is 0.277 e. The number of hydroxylamine groups is 2. The van der Waals surface area contributed by atoms with Gasteiger partial charge >= 0.3 is 0 Å². The molecule has 2 aliphatic heterocycles. The molecule has 0 spiro atoms. The van der Waals surface area contributed by atoms with Gasteiger partial charge in [-0.1, -0.05) is 6.42 Å². The van der Waals surface area contributed by atoms with Crippen LogP contribution in [0.1, 0.15) is 26.2 Å². The van der Waals surface area contributed by atoms with Gasteiger partial charge in [0.2, 0.25) is 5.95 Å². The van der Waals surface area contributed by atoms with Crippen LogP contribution in [0.5, 0.6) is 0 Å². The van der Waals surface area contributed by atoms with Crippen LogP contribution in [0, 0.1) is 0 Å². The van der Waals surface area contributed by atoms with Crippen molar-refractivity contribution in [3.05, 3.63) is 10.4 Å². The lowest BCUT2D eigenvalue weighted by Crippen LogP contribution is -2.48. The molecule has 1 aromatic rings. The Balaban J connectivity index is 0.000000249. The second-order valence-corrected chi connectivity index (χ2v) is 6.05. The van der Waals surface area contributed by atoms with Gasteiger partial charge in [0.1, 0.15) is 11.8 Å². The molecular formula is C14H26N6O4. The molecule has 0 amide bonds. The van der Waals surface area contributed by atoms with Gasteiger partial charge in [0.05, 0.1) is 12.1 Å². The summed E-state index contributed by atoms with van der Waals surface area (Å²) < 4.78 is 0. The molecule has 0 radical (unpaired) electrons. The Hall–Kier alpha value is -1.88.